The number of benzene rings is 1. The molecule has 3 heteroatoms. The Balaban J connectivity index is 1.62. The number of nitrogens with one attached hydrogen (secondary N) is 2. The van der Waals surface area contributed by atoms with Crippen LogP contribution in [0.25, 0.3) is 10.8 Å². The monoisotopic (exact) mass is 255 g/mol. The van der Waals surface area contributed by atoms with Crippen LogP contribution in [0.2, 0.25) is 0 Å². The van der Waals surface area contributed by atoms with Gasteiger partial charge in [0, 0.05) is 18.1 Å². The Hall–Kier alpha value is -1.61. The minimum Gasteiger partial charge on any atom is -0.370 e. The van der Waals surface area contributed by atoms with Crippen LogP contribution in [-0.2, 0) is 0 Å². The lowest BCUT2D eigenvalue weighted by Crippen LogP contribution is -2.30. The normalized spacial score (nSPS) is 19.5. The molecule has 0 aliphatic carbocycles. The van der Waals surface area contributed by atoms with Crippen LogP contribution in [0.4, 0.5) is 5.82 Å². The highest BCUT2D eigenvalue weighted by Gasteiger charge is 2.12. The third kappa shape index (κ3) is 3.04. The molecule has 1 fully saturated rings. The van der Waals surface area contributed by atoms with Gasteiger partial charge in [-0.1, -0.05) is 24.3 Å². The van der Waals surface area contributed by atoms with E-state index >= 15 is 0 Å². The maximum absolute atomic E-state index is 4.46. The van der Waals surface area contributed by atoms with Gasteiger partial charge in [-0.15, -0.1) is 0 Å². The van der Waals surface area contributed by atoms with Gasteiger partial charge in [-0.2, -0.15) is 0 Å². The van der Waals surface area contributed by atoms with Crippen molar-refractivity contribution < 1.29 is 0 Å². The Morgan fingerprint density at radius 1 is 1.26 bits per heavy atom. The van der Waals surface area contributed by atoms with E-state index in [1.54, 1.807) is 0 Å². The molecule has 2 aromatic rings. The molecule has 2 N–H and O–H groups in total. The summed E-state index contributed by atoms with van der Waals surface area (Å²) in [6.45, 7) is 3.37. The molecule has 1 aliphatic heterocycles. The van der Waals surface area contributed by atoms with Gasteiger partial charge >= 0.3 is 0 Å². The minimum absolute atomic E-state index is 0.816. The molecule has 0 saturated carbocycles. The van der Waals surface area contributed by atoms with Gasteiger partial charge < -0.3 is 10.6 Å². The van der Waals surface area contributed by atoms with E-state index in [1.165, 1.54) is 43.1 Å². The third-order valence-corrected chi connectivity index (χ3v) is 3.92. The molecular weight excluding hydrogens is 234 g/mol. The van der Waals surface area contributed by atoms with Gasteiger partial charge in [0.05, 0.1) is 0 Å². The van der Waals surface area contributed by atoms with Gasteiger partial charge in [-0.3, -0.25) is 0 Å². The van der Waals surface area contributed by atoms with Gasteiger partial charge in [0.2, 0.25) is 0 Å². The quantitative estimate of drug-likeness (QED) is 0.881. The van der Waals surface area contributed by atoms with Crippen LogP contribution in [0, 0.1) is 5.92 Å². The lowest BCUT2D eigenvalue weighted by atomic mass is 9.96. The Kier molecular flexibility index (Phi) is 3.94. The smallest absolute Gasteiger partial charge is 0.133 e. The SMILES string of the molecule is c1ccc2c(NCCC3CCCNC3)nccc2c1. The largest absolute Gasteiger partial charge is 0.370 e. The van der Waals surface area contributed by atoms with Gasteiger partial charge in [-0.05, 0) is 49.7 Å². The van der Waals surface area contributed by atoms with Crippen LogP contribution < -0.4 is 10.6 Å². The Morgan fingerprint density at radius 3 is 3.11 bits per heavy atom. The topological polar surface area (TPSA) is 37.0 Å². The average molecular weight is 255 g/mol. The van der Waals surface area contributed by atoms with E-state index < -0.39 is 0 Å². The van der Waals surface area contributed by atoms with Crippen LogP contribution in [0.3, 0.4) is 0 Å². The predicted molar refractivity (Wildman–Crippen MR) is 80.4 cm³/mol. The summed E-state index contributed by atoms with van der Waals surface area (Å²) in [6, 6.07) is 10.5. The van der Waals surface area contributed by atoms with Crippen LogP contribution >= 0.6 is 0 Å². The van der Waals surface area contributed by atoms with E-state index in [0.29, 0.717) is 0 Å². The van der Waals surface area contributed by atoms with Crippen LogP contribution in [0.1, 0.15) is 19.3 Å². The first kappa shape index (κ1) is 12.4. The second-order valence-electron chi connectivity index (χ2n) is 5.31. The summed E-state index contributed by atoms with van der Waals surface area (Å²) in [5, 5.41) is 9.43. The lowest BCUT2D eigenvalue weighted by molar-refractivity contribution is 0.364. The predicted octanol–water partition coefficient (Wildman–Crippen LogP) is 3.04. The average Bonchev–Trinajstić information content (AvgIpc) is 2.49. The number of rotatable bonds is 4. The Bertz CT molecular complexity index is 527. The summed E-state index contributed by atoms with van der Waals surface area (Å²) in [6.07, 6.45) is 5.78. The fourth-order valence-corrected chi connectivity index (χ4v) is 2.83. The van der Waals surface area contributed by atoms with Gasteiger partial charge in [0.15, 0.2) is 0 Å². The zero-order valence-corrected chi connectivity index (χ0v) is 11.2. The lowest BCUT2D eigenvalue weighted by Gasteiger charge is -2.22. The molecule has 1 aromatic heterocycles. The van der Waals surface area contributed by atoms with Crippen molar-refractivity contribution in [3.63, 3.8) is 0 Å². The number of nitrogens with zero attached hydrogens (tertiary/aromatic N) is 1. The molecule has 3 nitrogen and oxygen atoms in total. The molecule has 0 amide bonds. The van der Waals surface area contributed by atoms with Crippen molar-refractivity contribution in [1.82, 2.24) is 10.3 Å². The van der Waals surface area contributed by atoms with Crippen molar-refractivity contribution in [3.05, 3.63) is 36.5 Å². The second-order valence-corrected chi connectivity index (χ2v) is 5.31. The molecule has 2 heterocycles. The van der Waals surface area contributed by atoms with E-state index in [0.717, 1.165) is 18.3 Å². The number of aromatic nitrogens is 1. The first-order valence-corrected chi connectivity index (χ1v) is 7.22. The highest BCUT2D eigenvalue weighted by atomic mass is 15.0. The summed E-state index contributed by atoms with van der Waals surface area (Å²) >= 11 is 0. The summed E-state index contributed by atoms with van der Waals surface area (Å²) in [7, 11) is 0. The number of hydrogen-bond acceptors (Lipinski definition) is 3. The second kappa shape index (κ2) is 6.02. The zero-order valence-electron chi connectivity index (χ0n) is 11.2. The third-order valence-electron chi connectivity index (χ3n) is 3.92. The van der Waals surface area contributed by atoms with Crippen molar-refractivity contribution in [2.75, 3.05) is 25.0 Å². The van der Waals surface area contributed by atoms with Crippen molar-refractivity contribution in [2.24, 2.45) is 5.92 Å². The van der Waals surface area contributed by atoms with E-state index in [1.807, 2.05) is 6.20 Å². The van der Waals surface area contributed by atoms with Crippen molar-refractivity contribution in [2.45, 2.75) is 19.3 Å². The van der Waals surface area contributed by atoms with Gasteiger partial charge in [0.1, 0.15) is 5.82 Å². The summed E-state index contributed by atoms with van der Waals surface area (Å²) in [5.41, 5.74) is 0. The molecule has 1 saturated heterocycles. The molecule has 1 aromatic carbocycles. The molecule has 0 bridgehead atoms. The van der Waals surface area contributed by atoms with Crippen molar-refractivity contribution in [3.8, 4) is 0 Å². The standard InChI is InChI=1S/C16H21N3/c1-2-6-15-14(5-1)8-11-19-16(15)18-10-7-13-4-3-9-17-12-13/h1-2,5-6,8,11,13,17H,3-4,7,9-10,12H2,(H,18,19). The number of anilines is 1. The van der Waals surface area contributed by atoms with Crippen molar-refractivity contribution >= 4 is 16.6 Å². The van der Waals surface area contributed by atoms with E-state index in [-0.39, 0.29) is 0 Å². The maximum atomic E-state index is 4.46. The number of hydrogen-bond donors (Lipinski definition) is 2. The van der Waals surface area contributed by atoms with Gasteiger partial charge in [0.25, 0.3) is 0 Å². The van der Waals surface area contributed by atoms with E-state index in [9.17, 15) is 0 Å². The molecular formula is C16H21N3. The molecule has 1 aliphatic rings. The number of fused-ring (bicyclic) bond motifs is 1. The Morgan fingerprint density at radius 2 is 2.21 bits per heavy atom. The van der Waals surface area contributed by atoms with Crippen LogP contribution in [0.15, 0.2) is 36.5 Å². The number of piperidine rings is 1. The summed E-state index contributed by atoms with van der Waals surface area (Å²) < 4.78 is 0. The van der Waals surface area contributed by atoms with Gasteiger partial charge in [-0.25, -0.2) is 4.98 Å². The molecule has 19 heavy (non-hydrogen) atoms. The molecule has 100 valence electrons. The molecule has 1 atom stereocenters. The van der Waals surface area contributed by atoms with Crippen LogP contribution in [-0.4, -0.2) is 24.6 Å². The molecule has 1 unspecified atom stereocenters. The van der Waals surface area contributed by atoms with E-state index in [2.05, 4.69) is 45.9 Å². The highest BCUT2D eigenvalue weighted by molar-refractivity contribution is 5.91. The summed E-state index contributed by atoms with van der Waals surface area (Å²) in [4.78, 5) is 4.46. The fourth-order valence-electron chi connectivity index (χ4n) is 2.83. The Labute approximate surface area is 114 Å². The number of pyridine rings is 1. The molecule has 0 radical (unpaired) electrons. The van der Waals surface area contributed by atoms with Crippen molar-refractivity contribution in [1.29, 1.82) is 0 Å². The zero-order chi connectivity index (χ0) is 12.9. The van der Waals surface area contributed by atoms with Crippen LogP contribution in [0.5, 0.6) is 0 Å². The summed E-state index contributed by atoms with van der Waals surface area (Å²) in [5.74, 6) is 1.83. The maximum Gasteiger partial charge on any atom is 0.133 e. The first-order valence-electron chi connectivity index (χ1n) is 7.22. The minimum atomic E-state index is 0.816. The van der Waals surface area contributed by atoms with E-state index in [4.69, 9.17) is 0 Å². The molecule has 3 rings (SSSR count). The highest BCUT2D eigenvalue weighted by Crippen LogP contribution is 2.21. The first-order chi connectivity index (χ1) is 9.43. The molecule has 0 spiro atoms. The fraction of sp³-hybridized carbons (Fsp3) is 0.438.